The molecule has 2 aliphatic heterocycles. The standard InChI is InChI=1S/C54H49BN2OS/c1-52(2,3)32-18-23-35(24-19-32)56-44-27-22-34(54(7,8)9)28-43(44)55-49-41(30-42-37-14-10-12-16-46(37)58-51(42)50(49)56)39-29-40-38-15-11-13-17-47(38)59-48(40)31-45(39)57(55)36-25-20-33(21-26-36)53(4,5)6/h10-31H,1-9H3. The highest BCUT2D eigenvalue weighted by Gasteiger charge is 2.47. The summed E-state index contributed by atoms with van der Waals surface area (Å²) in [5.41, 5.74) is 16.8. The third-order valence-corrected chi connectivity index (χ3v) is 14.0. The lowest BCUT2D eigenvalue weighted by Crippen LogP contribution is -2.61. The van der Waals surface area contributed by atoms with Gasteiger partial charge in [0.2, 0.25) is 0 Å². The van der Waals surface area contributed by atoms with Gasteiger partial charge in [0.05, 0.1) is 5.69 Å². The van der Waals surface area contributed by atoms with E-state index in [2.05, 4.69) is 205 Å². The first-order chi connectivity index (χ1) is 28.1. The molecule has 2 aliphatic rings. The fourth-order valence-corrected chi connectivity index (χ4v) is 10.8. The molecule has 0 saturated heterocycles. The molecular weight excluding hydrogens is 735 g/mol. The quantitative estimate of drug-likeness (QED) is 0.163. The van der Waals surface area contributed by atoms with Crippen LogP contribution < -0.4 is 20.6 Å². The first kappa shape index (κ1) is 36.3. The van der Waals surface area contributed by atoms with Crippen LogP contribution in [0, 0.1) is 0 Å². The van der Waals surface area contributed by atoms with Gasteiger partial charge in [-0.25, -0.2) is 0 Å². The van der Waals surface area contributed by atoms with Crippen molar-refractivity contribution in [2.24, 2.45) is 0 Å². The summed E-state index contributed by atoms with van der Waals surface area (Å²) >= 11 is 1.89. The van der Waals surface area contributed by atoms with Crippen LogP contribution in [0.2, 0.25) is 0 Å². The SMILES string of the molecule is CC(C)(C)c1ccc(N2B3c4cc(C(C)(C)C)ccc4N(c4ccc(C(C)(C)C)cc4)c4c3c(cc3c4oc4ccccc43)-c3cc4c(cc32)sc2ccccc24)cc1. The molecule has 0 unspecified atom stereocenters. The molecule has 0 spiro atoms. The van der Waals surface area contributed by atoms with Crippen molar-refractivity contribution < 1.29 is 4.42 Å². The Morgan fingerprint density at radius 3 is 1.76 bits per heavy atom. The summed E-state index contributed by atoms with van der Waals surface area (Å²) in [7, 11) is 0. The Morgan fingerprint density at radius 1 is 0.492 bits per heavy atom. The Hall–Kier alpha value is -5.78. The second-order valence-electron chi connectivity index (χ2n) is 19.9. The fourth-order valence-electron chi connectivity index (χ4n) is 9.67. The molecule has 4 heterocycles. The first-order valence-electron chi connectivity index (χ1n) is 21.0. The van der Waals surface area contributed by atoms with E-state index in [0.717, 1.165) is 33.3 Å². The highest BCUT2D eigenvalue weighted by molar-refractivity contribution is 7.25. The maximum Gasteiger partial charge on any atom is 0.333 e. The van der Waals surface area contributed by atoms with Crippen LogP contribution in [-0.4, -0.2) is 6.85 Å². The van der Waals surface area contributed by atoms with Gasteiger partial charge in [-0.05, 0) is 110 Å². The summed E-state index contributed by atoms with van der Waals surface area (Å²) in [5.74, 6) is 0. The van der Waals surface area contributed by atoms with Gasteiger partial charge >= 0.3 is 6.85 Å². The first-order valence-corrected chi connectivity index (χ1v) is 21.9. The zero-order valence-electron chi connectivity index (χ0n) is 35.5. The predicted octanol–water partition coefficient (Wildman–Crippen LogP) is 14.6. The molecule has 0 amide bonds. The van der Waals surface area contributed by atoms with E-state index < -0.39 is 0 Å². The molecule has 59 heavy (non-hydrogen) atoms. The molecule has 0 N–H and O–H groups in total. The molecule has 5 heteroatoms. The van der Waals surface area contributed by atoms with Gasteiger partial charge in [0, 0.05) is 59.3 Å². The Labute approximate surface area is 352 Å². The van der Waals surface area contributed by atoms with E-state index in [1.807, 2.05) is 11.3 Å². The van der Waals surface area contributed by atoms with Crippen LogP contribution in [0.1, 0.15) is 79.0 Å². The third-order valence-electron chi connectivity index (χ3n) is 12.9. The van der Waals surface area contributed by atoms with Gasteiger partial charge in [-0.3, -0.25) is 0 Å². The maximum atomic E-state index is 7.08. The van der Waals surface area contributed by atoms with Crippen LogP contribution in [0.3, 0.4) is 0 Å². The van der Waals surface area contributed by atoms with E-state index in [-0.39, 0.29) is 23.1 Å². The van der Waals surface area contributed by atoms with Crippen molar-refractivity contribution in [1.82, 2.24) is 0 Å². The van der Waals surface area contributed by atoms with Gasteiger partial charge < -0.3 is 14.1 Å². The zero-order valence-corrected chi connectivity index (χ0v) is 36.3. The lowest BCUT2D eigenvalue weighted by atomic mass is 9.43. The molecule has 0 atom stereocenters. The van der Waals surface area contributed by atoms with Gasteiger partial charge in [0.15, 0.2) is 5.58 Å². The van der Waals surface area contributed by atoms with Crippen molar-refractivity contribution in [1.29, 1.82) is 0 Å². The zero-order chi connectivity index (χ0) is 40.7. The van der Waals surface area contributed by atoms with Crippen LogP contribution in [0.15, 0.2) is 138 Å². The summed E-state index contributed by atoms with van der Waals surface area (Å²) in [6, 6.07) is 50.7. The number of hydrogen-bond acceptors (Lipinski definition) is 4. The average molecular weight is 785 g/mol. The van der Waals surface area contributed by atoms with Gasteiger partial charge in [0.25, 0.3) is 0 Å². The molecule has 0 saturated carbocycles. The molecule has 2 aromatic heterocycles. The molecular formula is C54H49BN2OS. The third kappa shape index (κ3) is 5.47. The Bertz CT molecular complexity index is 3170. The summed E-state index contributed by atoms with van der Waals surface area (Å²) in [6.45, 7) is 20.6. The summed E-state index contributed by atoms with van der Waals surface area (Å²) in [6.07, 6.45) is 0. The van der Waals surface area contributed by atoms with E-state index in [1.165, 1.54) is 76.0 Å². The summed E-state index contributed by atoms with van der Waals surface area (Å²) < 4.78 is 9.70. The number of anilines is 5. The molecule has 290 valence electrons. The van der Waals surface area contributed by atoms with E-state index in [9.17, 15) is 0 Å². The number of thiophene rings is 1. The van der Waals surface area contributed by atoms with Crippen molar-refractivity contribution in [2.75, 3.05) is 9.71 Å². The smallest absolute Gasteiger partial charge is 0.333 e. The molecule has 0 bridgehead atoms. The van der Waals surface area contributed by atoms with E-state index in [4.69, 9.17) is 4.42 Å². The normalized spacial score (nSPS) is 14.1. The van der Waals surface area contributed by atoms with Gasteiger partial charge in [-0.2, -0.15) is 0 Å². The van der Waals surface area contributed by atoms with Crippen molar-refractivity contribution in [3.63, 3.8) is 0 Å². The van der Waals surface area contributed by atoms with E-state index in [0.29, 0.717) is 0 Å². The second kappa shape index (κ2) is 12.4. The minimum Gasteiger partial charge on any atom is -0.454 e. The molecule has 9 aromatic rings. The number of fused-ring (bicyclic) bond motifs is 11. The topological polar surface area (TPSA) is 19.6 Å². The maximum absolute atomic E-state index is 7.08. The number of nitrogens with zero attached hydrogens (tertiary/aromatic N) is 2. The molecule has 0 fully saturated rings. The fraction of sp³-hybridized carbons (Fsp3) is 0.222. The van der Waals surface area contributed by atoms with E-state index >= 15 is 0 Å². The molecule has 11 rings (SSSR count). The molecule has 0 aliphatic carbocycles. The van der Waals surface area contributed by atoms with Gasteiger partial charge in [0.1, 0.15) is 5.58 Å². The Morgan fingerprint density at radius 2 is 1.08 bits per heavy atom. The van der Waals surface area contributed by atoms with Crippen LogP contribution in [0.25, 0.3) is 53.2 Å². The van der Waals surface area contributed by atoms with Gasteiger partial charge in [-0.1, -0.05) is 135 Å². The van der Waals surface area contributed by atoms with Crippen LogP contribution in [0.5, 0.6) is 0 Å². The van der Waals surface area contributed by atoms with Gasteiger partial charge in [-0.15, -0.1) is 11.3 Å². The number of rotatable bonds is 2. The summed E-state index contributed by atoms with van der Waals surface area (Å²) in [5, 5.41) is 4.89. The lowest BCUT2D eigenvalue weighted by molar-refractivity contribution is 0.590. The lowest BCUT2D eigenvalue weighted by Gasteiger charge is -2.46. The minimum atomic E-state index is -0.125. The Balaban J connectivity index is 1.31. The van der Waals surface area contributed by atoms with Crippen molar-refractivity contribution in [3.8, 4) is 11.1 Å². The molecule has 0 radical (unpaired) electrons. The average Bonchev–Trinajstić information content (AvgIpc) is 3.77. The number of furan rings is 1. The number of benzene rings is 7. The van der Waals surface area contributed by atoms with Crippen LogP contribution in [0.4, 0.5) is 28.4 Å². The van der Waals surface area contributed by atoms with Crippen LogP contribution in [-0.2, 0) is 16.2 Å². The number of hydrogen-bond donors (Lipinski definition) is 0. The van der Waals surface area contributed by atoms with E-state index in [1.54, 1.807) is 0 Å². The molecule has 7 aromatic carbocycles. The molecule has 3 nitrogen and oxygen atoms in total. The Kier molecular flexibility index (Phi) is 7.62. The minimum absolute atomic E-state index is 0.0346. The highest BCUT2D eigenvalue weighted by atomic mass is 32.1. The summed E-state index contributed by atoms with van der Waals surface area (Å²) in [4.78, 5) is 5.16. The van der Waals surface area contributed by atoms with Crippen molar-refractivity contribution in [3.05, 3.63) is 150 Å². The van der Waals surface area contributed by atoms with Crippen LogP contribution >= 0.6 is 11.3 Å². The monoisotopic (exact) mass is 784 g/mol. The van der Waals surface area contributed by atoms with Crippen molar-refractivity contribution in [2.45, 2.75) is 78.6 Å². The number of para-hydroxylation sites is 1. The second-order valence-corrected chi connectivity index (χ2v) is 20.9. The predicted molar refractivity (Wildman–Crippen MR) is 256 cm³/mol. The largest absolute Gasteiger partial charge is 0.454 e. The van der Waals surface area contributed by atoms with Crippen molar-refractivity contribution >= 4 is 99.7 Å². The highest BCUT2D eigenvalue weighted by Crippen LogP contribution is 2.52.